The topological polar surface area (TPSA) is 43.4 Å². The molecule has 0 fully saturated rings. The van der Waals surface area contributed by atoms with Gasteiger partial charge in [0.05, 0.1) is 24.9 Å². The molecule has 0 aromatic carbocycles. The molecule has 0 aliphatic heterocycles. The van der Waals surface area contributed by atoms with Gasteiger partial charge in [-0.15, -0.1) is 0 Å². The van der Waals surface area contributed by atoms with Crippen LogP contribution in [0, 0.1) is 0 Å². The van der Waals surface area contributed by atoms with Crippen LogP contribution < -0.4 is 10.1 Å². The molecule has 0 aliphatic carbocycles. The lowest BCUT2D eigenvalue weighted by atomic mass is 10.0. The fourth-order valence-corrected chi connectivity index (χ4v) is 1.77. The maximum atomic E-state index is 5.33. The maximum absolute atomic E-state index is 5.33. The van der Waals surface area contributed by atoms with Gasteiger partial charge in [0.1, 0.15) is 5.75 Å². The molecule has 0 saturated heterocycles. The number of pyridine rings is 1. The fourth-order valence-electron chi connectivity index (χ4n) is 1.77. The van der Waals surface area contributed by atoms with Crippen molar-refractivity contribution in [3.05, 3.63) is 24.0 Å². The Hall–Kier alpha value is -1.13. The van der Waals surface area contributed by atoms with E-state index < -0.39 is 0 Å². The van der Waals surface area contributed by atoms with Crippen LogP contribution in [0.2, 0.25) is 0 Å². The second kappa shape index (κ2) is 7.25. The first-order chi connectivity index (χ1) is 8.22. The molecular formula is C13H22N2O2. The summed E-state index contributed by atoms with van der Waals surface area (Å²) >= 11 is 0. The quantitative estimate of drug-likeness (QED) is 0.790. The molecule has 1 heterocycles. The molecule has 0 aliphatic rings. The zero-order chi connectivity index (χ0) is 12.7. The molecule has 4 nitrogen and oxygen atoms in total. The Morgan fingerprint density at radius 3 is 2.71 bits per heavy atom. The highest BCUT2D eigenvalue weighted by Crippen LogP contribution is 2.25. The van der Waals surface area contributed by atoms with Crippen molar-refractivity contribution in [2.24, 2.45) is 0 Å². The SMILES string of the molecule is CNC(CCC(C)OC)c1ncccc1OC. The van der Waals surface area contributed by atoms with E-state index in [0.29, 0.717) is 0 Å². The summed E-state index contributed by atoms with van der Waals surface area (Å²) < 4.78 is 10.6. The molecule has 1 aromatic rings. The molecular weight excluding hydrogens is 216 g/mol. The van der Waals surface area contributed by atoms with Crippen molar-refractivity contribution in [1.82, 2.24) is 10.3 Å². The van der Waals surface area contributed by atoms with Gasteiger partial charge in [-0.25, -0.2) is 0 Å². The number of rotatable bonds is 7. The standard InChI is InChI=1S/C13H22N2O2/c1-10(16-3)7-8-11(14-2)13-12(17-4)6-5-9-15-13/h5-6,9-11,14H,7-8H2,1-4H3. The van der Waals surface area contributed by atoms with E-state index in [1.54, 1.807) is 20.4 Å². The fraction of sp³-hybridized carbons (Fsp3) is 0.615. The van der Waals surface area contributed by atoms with Crippen molar-refractivity contribution in [1.29, 1.82) is 0 Å². The molecule has 0 saturated carbocycles. The third kappa shape index (κ3) is 3.98. The Bertz CT molecular complexity index is 331. The highest BCUT2D eigenvalue weighted by Gasteiger charge is 2.16. The minimum atomic E-state index is 0.198. The number of nitrogens with zero attached hydrogens (tertiary/aromatic N) is 1. The smallest absolute Gasteiger partial charge is 0.141 e. The first-order valence-electron chi connectivity index (χ1n) is 5.91. The molecule has 0 bridgehead atoms. The lowest BCUT2D eigenvalue weighted by Crippen LogP contribution is -2.20. The Kier molecular flexibility index (Phi) is 5.94. The van der Waals surface area contributed by atoms with E-state index >= 15 is 0 Å². The molecule has 0 spiro atoms. The van der Waals surface area contributed by atoms with Gasteiger partial charge in [-0.05, 0) is 38.9 Å². The van der Waals surface area contributed by atoms with Gasteiger partial charge in [0.2, 0.25) is 0 Å². The molecule has 4 heteroatoms. The summed E-state index contributed by atoms with van der Waals surface area (Å²) in [6.45, 7) is 2.07. The molecule has 2 unspecified atom stereocenters. The van der Waals surface area contributed by atoms with Gasteiger partial charge in [-0.2, -0.15) is 0 Å². The van der Waals surface area contributed by atoms with Crippen LogP contribution in [-0.4, -0.2) is 32.4 Å². The molecule has 2 atom stereocenters. The van der Waals surface area contributed by atoms with Crippen molar-refractivity contribution in [2.45, 2.75) is 31.9 Å². The van der Waals surface area contributed by atoms with Crippen LogP contribution in [-0.2, 0) is 4.74 Å². The average molecular weight is 238 g/mol. The first-order valence-corrected chi connectivity index (χ1v) is 5.91. The number of methoxy groups -OCH3 is 2. The summed E-state index contributed by atoms with van der Waals surface area (Å²) in [5.74, 6) is 0.830. The average Bonchev–Trinajstić information content (AvgIpc) is 2.39. The predicted molar refractivity (Wildman–Crippen MR) is 68.3 cm³/mol. The van der Waals surface area contributed by atoms with Crippen LogP contribution in [0.3, 0.4) is 0 Å². The first kappa shape index (κ1) is 13.9. The zero-order valence-corrected chi connectivity index (χ0v) is 11.1. The summed E-state index contributed by atoms with van der Waals surface area (Å²) in [6.07, 6.45) is 4.02. The van der Waals surface area contributed by atoms with Crippen molar-refractivity contribution in [3.8, 4) is 5.75 Å². The normalized spacial score (nSPS) is 14.4. The van der Waals surface area contributed by atoms with E-state index in [-0.39, 0.29) is 12.1 Å². The highest BCUT2D eigenvalue weighted by molar-refractivity contribution is 5.29. The second-order valence-corrected chi connectivity index (χ2v) is 4.06. The number of aromatic nitrogens is 1. The third-order valence-electron chi connectivity index (χ3n) is 2.96. The minimum absolute atomic E-state index is 0.198. The van der Waals surface area contributed by atoms with E-state index in [0.717, 1.165) is 24.3 Å². The largest absolute Gasteiger partial charge is 0.495 e. The van der Waals surface area contributed by atoms with Crippen molar-refractivity contribution in [3.63, 3.8) is 0 Å². The molecule has 96 valence electrons. The van der Waals surface area contributed by atoms with Gasteiger partial charge in [0, 0.05) is 13.3 Å². The van der Waals surface area contributed by atoms with Gasteiger partial charge in [-0.1, -0.05) is 0 Å². The van der Waals surface area contributed by atoms with E-state index in [9.17, 15) is 0 Å². The maximum Gasteiger partial charge on any atom is 0.141 e. The van der Waals surface area contributed by atoms with Gasteiger partial charge in [0.25, 0.3) is 0 Å². The van der Waals surface area contributed by atoms with E-state index in [2.05, 4.69) is 17.2 Å². The van der Waals surface area contributed by atoms with E-state index in [1.807, 2.05) is 19.2 Å². The summed E-state index contributed by atoms with van der Waals surface area (Å²) in [6, 6.07) is 4.02. The van der Waals surface area contributed by atoms with Crippen molar-refractivity contribution in [2.75, 3.05) is 21.3 Å². The third-order valence-corrected chi connectivity index (χ3v) is 2.96. The van der Waals surface area contributed by atoms with Crippen molar-refractivity contribution < 1.29 is 9.47 Å². The number of hydrogen-bond acceptors (Lipinski definition) is 4. The molecule has 0 amide bonds. The summed E-state index contributed by atoms with van der Waals surface area (Å²) in [5.41, 5.74) is 0.959. The van der Waals surface area contributed by atoms with Crippen LogP contribution in [0.4, 0.5) is 0 Å². The Balaban J connectivity index is 2.72. The number of hydrogen-bond donors (Lipinski definition) is 1. The molecule has 1 N–H and O–H groups in total. The monoisotopic (exact) mass is 238 g/mol. The van der Waals surface area contributed by atoms with Gasteiger partial charge < -0.3 is 14.8 Å². The minimum Gasteiger partial charge on any atom is -0.495 e. The number of ether oxygens (including phenoxy) is 2. The highest BCUT2D eigenvalue weighted by atomic mass is 16.5. The van der Waals surface area contributed by atoms with E-state index in [4.69, 9.17) is 9.47 Å². The number of nitrogens with one attached hydrogen (secondary N) is 1. The lowest BCUT2D eigenvalue weighted by Gasteiger charge is -2.19. The molecule has 1 rings (SSSR count). The van der Waals surface area contributed by atoms with Crippen molar-refractivity contribution >= 4 is 0 Å². The van der Waals surface area contributed by atoms with Crippen LogP contribution in [0.1, 0.15) is 31.5 Å². The van der Waals surface area contributed by atoms with Crippen LogP contribution in [0.25, 0.3) is 0 Å². The molecule has 1 aromatic heterocycles. The summed E-state index contributed by atoms with van der Waals surface area (Å²) in [7, 11) is 5.35. The molecule has 17 heavy (non-hydrogen) atoms. The Morgan fingerprint density at radius 2 is 2.12 bits per heavy atom. The van der Waals surface area contributed by atoms with Gasteiger partial charge >= 0.3 is 0 Å². The van der Waals surface area contributed by atoms with E-state index in [1.165, 1.54) is 0 Å². The second-order valence-electron chi connectivity index (χ2n) is 4.06. The Morgan fingerprint density at radius 1 is 1.35 bits per heavy atom. The van der Waals surface area contributed by atoms with Crippen LogP contribution >= 0.6 is 0 Å². The van der Waals surface area contributed by atoms with Gasteiger partial charge in [-0.3, -0.25) is 4.98 Å². The van der Waals surface area contributed by atoms with Crippen LogP contribution in [0.15, 0.2) is 18.3 Å². The summed E-state index contributed by atoms with van der Waals surface area (Å²) in [5, 5.41) is 3.27. The van der Waals surface area contributed by atoms with Gasteiger partial charge in [0.15, 0.2) is 0 Å². The summed E-state index contributed by atoms with van der Waals surface area (Å²) in [4.78, 5) is 4.40. The lowest BCUT2D eigenvalue weighted by molar-refractivity contribution is 0.106. The predicted octanol–water partition coefficient (Wildman–Crippen LogP) is 2.17. The zero-order valence-electron chi connectivity index (χ0n) is 11.1. The van der Waals surface area contributed by atoms with Crippen LogP contribution in [0.5, 0.6) is 5.75 Å². The Labute approximate surface area is 103 Å². The molecule has 0 radical (unpaired) electrons.